The summed E-state index contributed by atoms with van der Waals surface area (Å²) in [4.78, 5) is 19.9. The maximum atomic E-state index is 11.9. The Balaban J connectivity index is 2.37. The third-order valence-electron chi connectivity index (χ3n) is 2.36. The van der Waals surface area contributed by atoms with Gasteiger partial charge in [-0.05, 0) is 40.5 Å². The van der Waals surface area contributed by atoms with E-state index in [1.165, 1.54) is 10.9 Å². The van der Waals surface area contributed by atoms with E-state index in [0.29, 0.717) is 22.5 Å². The number of rotatable bonds is 2. The van der Waals surface area contributed by atoms with Crippen molar-refractivity contribution >= 4 is 21.7 Å². The fraction of sp³-hybridized carbons (Fsp3) is 0.182. The quantitative estimate of drug-likeness (QED) is 0.907. The number of aromatic nitrogens is 3. The zero-order chi connectivity index (χ0) is 12.4. The molecule has 0 bridgehead atoms. The Morgan fingerprint density at radius 3 is 2.94 bits per heavy atom. The highest BCUT2D eigenvalue weighted by molar-refractivity contribution is 9.10. The summed E-state index contributed by atoms with van der Waals surface area (Å²) in [6, 6.07) is 3.55. The van der Waals surface area contributed by atoms with Crippen LogP contribution in [-0.4, -0.2) is 14.5 Å². The molecule has 0 aliphatic carbocycles. The molecule has 88 valence electrons. The van der Waals surface area contributed by atoms with Gasteiger partial charge in [0, 0.05) is 6.20 Å². The summed E-state index contributed by atoms with van der Waals surface area (Å²) in [5.74, 6) is 0.440. The van der Waals surface area contributed by atoms with Gasteiger partial charge in [0.15, 0.2) is 0 Å². The first-order chi connectivity index (χ1) is 8.08. The van der Waals surface area contributed by atoms with Crippen LogP contribution in [0.3, 0.4) is 0 Å². The molecule has 0 fully saturated rings. The standard InChI is InChI=1S/C11H11BrN4O/c1-7-10(12)11(17)16(6-15-7)5-8-2-3-14-9(13)4-8/h2-4,6H,5H2,1H3,(H2,13,14). The summed E-state index contributed by atoms with van der Waals surface area (Å²) >= 11 is 3.22. The average molecular weight is 295 g/mol. The van der Waals surface area contributed by atoms with Crippen LogP contribution in [-0.2, 0) is 6.54 Å². The van der Waals surface area contributed by atoms with Gasteiger partial charge in [0.2, 0.25) is 0 Å². The second-order valence-electron chi connectivity index (χ2n) is 3.67. The molecule has 0 unspecified atom stereocenters. The molecule has 0 saturated carbocycles. The summed E-state index contributed by atoms with van der Waals surface area (Å²) in [5, 5.41) is 0. The molecule has 2 N–H and O–H groups in total. The van der Waals surface area contributed by atoms with E-state index in [1.807, 2.05) is 6.07 Å². The number of anilines is 1. The summed E-state index contributed by atoms with van der Waals surface area (Å²) in [5.41, 5.74) is 7.07. The molecule has 0 radical (unpaired) electrons. The van der Waals surface area contributed by atoms with Crippen molar-refractivity contribution in [1.82, 2.24) is 14.5 Å². The molecular formula is C11H11BrN4O. The number of nitrogens with zero attached hydrogens (tertiary/aromatic N) is 3. The minimum atomic E-state index is -0.104. The Kier molecular flexibility index (Phi) is 3.23. The molecule has 2 aromatic rings. The minimum absolute atomic E-state index is 0.104. The van der Waals surface area contributed by atoms with Gasteiger partial charge >= 0.3 is 0 Å². The smallest absolute Gasteiger partial charge is 0.268 e. The van der Waals surface area contributed by atoms with Crippen LogP contribution >= 0.6 is 15.9 Å². The molecule has 2 aromatic heterocycles. The van der Waals surface area contributed by atoms with Gasteiger partial charge < -0.3 is 5.73 Å². The van der Waals surface area contributed by atoms with Crippen molar-refractivity contribution in [3.05, 3.63) is 50.7 Å². The number of hydrogen-bond acceptors (Lipinski definition) is 4. The number of pyridine rings is 1. The Hall–Kier alpha value is -1.69. The van der Waals surface area contributed by atoms with Crippen molar-refractivity contribution in [1.29, 1.82) is 0 Å². The SMILES string of the molecule is Cc1ncn(Cc2ccnc(N)c2)c(=O)c1Br. The molecule has 0 spiro atoms. The molecular weight excluding hydrogens is 284 g/mol. The lowest BCUT2D eigenvalue weighted by atomic mass is 10.2. The van der Waals surface area contributed by atoms with Gasteiger partial charge in [-0.2, -0.15) is 0 Å². The number of aryl methyl sites for hydroxylation is 1. The van der Waals surface area contributed by atoms with E-state index >= 15 is 0 Å². The van der Waals surface area contributed by atoms with Crippen LogP contribution in [0, 0.1) is 6.92 Å². The van der Waals surface area contributed by atoms with Crippen LogP contribution in [0.2, 0.25) is 0 Å². The van der Waals surface area contributed by atoms with E-state index in [-0.39, 0.29) is 5.56 Å². The van der Waals surface area contributed by atoms with Gasteiger partial charge in [-0.3, -0.25) is 9.36 Å². The van der Waals surface area contributed by atoms with Gasteiger partial charge in [0.1, 0.15) is 10.3 Å². The number of nitrogen functional groups attached to an aromatic ring is 1. The predicted molar refractivity (Wildman–Crippen MR) is 68.7 cm³/mol. The zero-order valence-electron chi connectivity index (χ0n) is 9.22. The monoisotopic (exact) mass is 294 g/mol. The maximum absolute atomic E-state index is 11.9. The van der Waals surface area contributed by atoms with E-state index in [0.717, 1.165) is 5.56 Å². The van der Waals surface area contributed by atoms with Crippen LogP contribution in [0.5, 0.6) is 0 Å². The van der Waals surface area contributed by atoms with E-state index in [1.54, 1.807) is 19.2 Å². The molecule has 2 rings (SSSR count). The van der Waals surface area contributed by atoms with Crippen molar-refractivity contribution in [2.75, 3.05) is 5.73 Å². The van der Waals surface area contributed by atoms with Crippen molar-refractivity contribution in [2.45, 2.75) is 13.5 Å². The van der Waals surface area contributed by atoms with E-state index in [9.17, 15) is 4.79 Å². The third-order valence-corrected chi connectivity index (χ3v) is 3.27. The number of hydrogen-bond donors (Lipinski definition) is 1. The molecule has 0 aliphatic heterocycles. The lowest BCUT2D eigenvalue weighted by Gasteiger charge is -2.07. The van der Waals surface area contributed by atoms with Gasteiger partial charge in [-0.1, -0.05) is 0 Å². The highest BCUT2D eigenvalue weighted by Crippen LogP contribution is 2.08. The Labute approximate surface area is 106 Å². The van der Waals surface area contributed by atoms with Gasteiger partial charge in [0.25, 0.3) is 5.56 Å². The van der Waals surface area contributed by atoms with E-state index < -0.39 is 0 Å². The summed E-state index contributed by atoms with van der Waals surface area (Å²) in [6.07, 6.45) is 3.14. The molecule has 0 aromatic carbocycles. The van der Waals surface area contributed by atoms with Gasteiger partial charge in [-0.25, -0.2) is 9.97 Å². The van der Waals surface area contributed by atoms with Crippen molar-refractivity contribution < 1.29 is 0 Å². The number of nitrogens with two attached hydrogens (primary N) is 1. The van der Waals surface area contributed by atoms with Crippen molar-refractivity contribution in [2.24, 2.45) is 0 Å². The second kappa shape index (κ2) is 4.67. The summed E-state index contributed by atoms with van der Waals surface area (Å²) in [7, 11) is 0. The zero-order valence-corrected chi connectivity index (χ0v) is 10.8. The highest BCUT2D eigenvalue weighted by Gasteiger charge is 2.05. The molecule has 0 aliphatic rings. The van der Waals surface area contributed by atoms with Crippen LogP contribution < -0.4 is 11.3 Å². The Morgan fingerprint density at radius 2 is 2.24 bits per heavy atom. The van der Waals surface area contributed by atoms with Gasteiger partial charge in [-0.15, -0.1) is 0 Å². The van der Waals surface area contributed by atoms with Crippen LogP contribution in [0.15, 0.2) is 33.9 Å². The van der Waals surface area contributed by atoms with Crippen LogP contribution in [0.4, 0.5) is 5.82 Å². The highest BCUT2D eigenvalue weighted by atomic mass is 79.9. The Morgan fingerprint density at radius 1 is 1.47 bits per heavy atom. The first-order valence-electron chi connectivity index (χ1n) is 5.00. The molecule has 0 amide bonds. The molecule has 0 saturated heterocycles. The van der Waals surface area contributed by atoms with Crippen molar-refractivity contribution in [3.8, 4) is 0 Å². The molecule has 0 atom stereocenters. The molecule has 5 nitrogen and oxygen atoms in total. The average Bonchev–Trinajstić information content (AvgIpc) is 2.30. The lowest BCUT2D eigenvalue weighted by Crippen LogP contribution is -2.22. The van der Waals surface area contributed by atoms with Gasteiger partial charge in [0.05, 0.1) is 18.6 Å². The third kappa shape index (κ3) is 2.52. The molecule has 2 heterocycles. The predicted octanol–water partition coefficient (Wildman–Crippen LogP) is 1.34. The molecule has 6 heteroatoms. The van der Waals surface area contributed by atoms with Crippen LogP contribution in [0.25, 0.3) is 0 Å². The van der Waals surface area contributed by atoms with Crippen LogP contribution in [0.1, 0.15) is 11.3 Å². The summed E-state index contributed by atoms with van der Waals surface area (Å²) < 4.78 is 2.01. The minimum Gasteiger partial charge on any atom is -0.384 e. The topological polar surface area (TPSA) is 73.8 Å². The number of halogens is 1. The largest absolute Gasteiger partial charge is 0.384 e. The second-order valence-corrected chi connectivity index (χ2v) is 4.46. The van der Waals surface area contributed by atoms with E-state index in [2.05, 4.69) is 25.9 Å². The Bertz CT molecular complexity index is 609. The van der Waals surface area contributed by atoms with Crippen molar-refractivity contribution in [3.63, 3.8) is 0 Å². The maximum Gasteiger partial charge on any atom is 0.268 e. The fourth-order valence-electron chi connectivity index (χ4n) is 1.45. The normalized spacial score (nSPS) is 10.5. The first kappa shape index (κ1) is 11.8. The lowest BCUT2D eigenvalue weighted by molar-refractivity contribution is 0.724. The first-order valence-corrected chi connectivity index (χ1v) is 5.79. The summed E-state index contributed by atoms with van der Waals surface area (Å²) in [6.45, 7) is 2.21. The molecule has 17 heavy (non-hydrogen) atoms. The van der Waals surface area contributed by atoms with E-state index in [4.69, 9.17) is 5.73 Å². The fourth-order valence-corrected chi connectivity index (χ4v) is 1.78.